The van der Waals surface area contributed by atoms with Crippen LogP contribution in [0.1, 0.15) is 6.92 Å². The number of hydrogen-bond donors (Lipinski definition) is 2. The lowest BCUT2D eigenvalue weighted by molar-refractivity contribution is -0.128. The summed E-state index contributed by atoms with van der Waals surface area (Å²) in [5, 5.41) is 12.2. The Labute approximate surface area is 70.2 Å². The van der Waals surface area contributed by atoms with E-state index >= 15 is 0 Å². The minimum absolute atomic E-state index is 0.176. The van der Waals surface area contributed by atoms with E-state index in [9.17, 15) is 4.79 Å². The van der Waals surface area contributed by atoms with Crippen molar-refractivity contribution in [3.8, 4) is 0 Å². The summed E-state index contributed by atoms with van der Waals surface area (Å²) in [6.45, 7) is 1.55. The lowest BCUT2D eigenvalue weighted by atomic mass is 10.2. The summed E-state index contributed by atoms with van der Waals surface area (Å²) in [5.74, 6) is -0.176. The number of carbonyl (C=O) groups is 1. The molecule has 0 bridgehead atoms. The van der Waals surface area contributed by atoms with Gasteiger partial charge in [0.25, 0.3) is 5.91 Å². The summed E-state index contributed by atoms with van der Waals surface area (Å²) in [6.07, 6.45) is -0.703. The van der Waals surface area contributed by atoms with Gasteiger partial charge in [0.05, 0.1) is 6.10 Å². The van der Waals surface area contributed by atoms with Gasteiger partial charge in [0.15, 0.2) is 5.11 Å². The van der Waals surface area contributed by atoms with Gasteiger partial charge in [-0.3, -0.25) is 9.69 Å². The molecule has 2 N–H and O–H groups in total. The third-order valence-electron chi connectivity index (χ3n) is 1.66. The third kappa shape index (κ3) is 1.34. The first kappa shape index (κ1) is 8.42. The van der Waals surface area contributed by atoms with Gasteiger partial charge in [0, 0.05) is 7.05 Å². The van der Waals surface area contributed by atoms with Crippen molar-refractivity contribution in [2.24, 2.45) is 0 Å². The fourth-order valence-electron chi connectivity index (χ4n) is 0.927. The molecule has 1 amide bonds. The van der Waals surface area contributed by atoms with Gasteiger partial charge >= 0.3 is 0 Å². The first-order valence-corrected chi connectivity index (χ1v) is 3.71. The Hall–Kier alpha value is -0.680. The molecule has 0 aliphatic carbocycles. The van der Waals surface area contributed by atoms with E-state index in [2.05, 4.69) is 5.32 Å². The van der Waals surface area contributed by atoms with Gasteiger partial charge in [-0.15, -0.1) is 0 Å². The molecule has 2 atom stereocenters. The number of aliphatic hydroxyl groups is 1. The molecule has 4 nitrogen and oxygen atoms in total. The van der Waals surface area contributed by atoms with Gasteiger partial charge in [0.2, 0.25) is 0 Å². The van der Waals surface area contributed by atoms with Crippen molar-refractivity contribution in [3.05, 3.63) is 0 Å². The molecule has 0 saturated carbocycles. The van der Waals surface area contributed by atoms with Crippen LogP contribution in [0.4, 0.5) is 0 Å². The Morgan fingerprint density at radius 1 is 1.82 bits per heavy atom. The van der Waals surface area contributed by atoms with E-state index in [0.717, 1.165) is 0 Å². The maximum Gasteiger partial charge on any atom is 0.253 e. The second-order valence-corrected chi connectivity index (χ2v) is 2.95. The molecule has 1 rings (SSSR count). The molecule has 1 heterocycles. The van der Waals surface area contributed by atoms with Gasteiger partial charge in [-0.2, -0.15) is 0 Å². The quantitative estimate of drug-likeness (QED) is 0.505. The summed E-state index contributed by atoms with van der Waals surface area (Å²) in [5.41, 5.74) is 0. The zero-order valence-electron chi connectivity index (χ0n) is 6.37. The Morgan fingerprint density at radius 2 is 2.36 bits per heavy atom. The molecule has 1 aliphatic rings. The highest BCUT2D eigenvalue weighted by Crippen LogP contribution is 2.06. The second-order valence-electron chi connectivity index (χ2n) is 2.57. The summed E-state index contributed by atoms with van der Waals surface area (Å²) in [4.78, 5) is 12.5. The first-order chi connectivity index (χ1) is 5.04. The molecule has 11 heavy (non-hydrogen) atoms. The number of likely N-dealkylation sites (N-methyl/N-ethyl adjacent to an activating group) is 1. The van der Waals surface area contributed by atoms with Crippen LogP contribution in [-0.4, -0.2) is 40.2 Å². The zero-order valence-corrected chi connectivity index (χ0v) is 7.18. The normalized spacial score (nSPS) is 27.2. The van der Waals surface area contributed by atoms with Gasteiger partial charge in [-0.1, -0.05) is 0 Å². The lowest BCUT2D eigenvalue weighted by Gasteiger charge is -2.10. The molecule has 0 aromatic rings. The molecule has 62 valence electrons. The standard InChI is InChI=1S/C6H10N2O2S/c1-3(9)4-5(10)8(2)6(11)7-4/h3-4,9H,1-2H3,(H,7,11)/t3-,4+/m1/s1. The minimum atomic E-state index is -0.703. The number of thiocarbonyl (C=S) groups is 1. The minimum Gasteiger partial charge on any atom is -0.391 e. The van der Waals surface area contributed by atoms with Crippen molar-refractivity contribution in [3.63, 3.8) is 0 Å². The fourth-order valence-corrected chi connectivity index (χ4v) is 1.14. The van der Waals surface area contributed by atoms with E-state index in [1.807, 2.05) is 0 Å². The first-order valence-electron chi connectivity index (χ1n) is 3.30. The van der Waals surface area contributed by atoms with Gasteiger partial charge in [-0.05, 0) is 19.1 Å². The van der Waals surface area contributed by atoms with Crippen LogP contribution in [0, 0.1) is 0 Å². The predicted octanol–water partition coefficient (Wildman–Crippen LogP) is -0.918. The van der Waals surface area contributed by atoms with Crippen molar-refractivity contribution in [2.45, 2.75) is 19.1 Å². The Kier molecular flexibility index (Phi) is 2.10. The fraction of sp³-hybridized carbons (Fsp3) is 0.667. The summed E-state index contributed by atoms with van der Waals surface area (Å²) < 4.78 is 0. The summed E-state index contributed by atoms with van der Waals surface area (Å²) in [7, 11) is 1.58. The average molecular weight is 174 g/mol. The maximum atomic E-state index is 11.2. The van der Waals surface area contributed by atoms with Crippen LogP contribution in [-0.2, 0) is 4.79 Å². The van der Waals surface area contributed by atoms with Gasteiger partial charge in [-0.25, -0.2) is 0 Å². The third-order valence-corrected chi connectivity index (χ3v) is 2.05. The molecular formula is C6H10N2O2S. The maximum absolute atomic E-state index is 11.2. The van der Waals surface area contributed by atoms with Crippen LogP contribution < -0.4 is 5.32 Å². The van der Waals surface area contributed by atoms with Crippen molar-refractivity contribution in [1.29, 1.82) is 0 Å². The van der Waals surface area contributed by atoms with Crippen LogP contribution in [0.15, 0.2) is 0 Å². The molecule has 1 aliphatic heterocycles. The van der Waals surface area contributed by atoms with Gasteiger partial charge in [0.1, 0.15) is 6.04 Å². The van der Waals surface area contributed by atoms with E-state index in [-0.39, 0.29) is 5.91 Å². The molecule has 0 aromatic heterocycles. The van der Waals surface area contributed by atoms with Crippen molar-refractivity contribution >= 4 is 23.2 Å². The molecular weight excluding hydrogens is 164 g/mol. The van der Waals surface area contributed by atoms with Crippen LogP contribution >= 0.6 is 12.2 Å². The van der Waals surface area contributed by atoms with Crippen molar-refractivity contribution < 1.29 is 9.90 Å². The van der Waals surface area contributed by atoms with E-state index in [0.29, 0.717) is 5.11 Å². The molecule has 5 heteroatoms. The topological polar surface area (TPSA) is 52.6 Å². The highest BCUT2D eigenvalue weighted by molar-refractivity contribution is 7.80. The van der Waals surface area contributed by atoms with Crippen molar-refractivity contribution in [1.82, 2.24) is 10.2 Å². The summed E-state index contributed by atoms with van der Waals surface area (Å²) in [6, 6.07) is -0.563. The van der Waals surface area contributed by atoms with E-state index < -0.39 is 12.1 Å². The van der Waals surface area contributed by atoms with Crippen molar-refractivity contribution in [2.75, 3.05) is 7.05 Å². The van der Waals surface area contributed by atoms with E-state index in [1.54, 1.807) is 14.0 Å². The molecule has 1 fully saturated rings. The second kappa shape index (κ2) is 2.75. The molecule has 0 aromatic carbocycles. The molecule has 0 unspecified atom stereocenters. The number of aliphatic hydroxyl groups excluding tert-OH is 1. The number of amides is 1. The average Bonchev–Trinajstić information content (AvgIpc) is 2.17. The summed E-state index contributed by atoms with van der Waals surface area (Å²) >= 11 is 4.80. The Balaban J connectivity index is 2.75. The largest absolute Gasteiger partial charge is 0.391 e. The highest BCUT2D eigenvalue weighted by Gasteiger charge is 2.35. The van der Waals surface area contributed by atoms with Crippen LogP contribution in [0.2, 0.25) is 0 Å². The Bertz CT molecular complexity index is 205. The number of rotatable bonds is 1. The predicted molar refractivity (Wildman–Crippen MR) is 44.0 cm³/mol. The molecule has 0 spiro atoms. The highest BCUT2D eigenvalue weighted by atomic mass is 32.1. The number of nitrogens with zero attached hydrogens (tertiary/aromatic N) is 1. The SMILES string of the molecule is C[C@@H](O)[C@@H]1NC(=S)N(C)C1=O. The zero-order chi connectivity index (χ0) is 8.59. The smallest absolute Gasteiger partial charge is 0.253 e. The number of hydrogen-bond acceptors (Lipinski definition) is 3. The van der Waals surface area contributed by atoms with Gasteiger partial charge < -0.3 is 10.4 Å². The monoisotopic (exact) mass is 174 g/mol. The van der Waals surface area contributed by atoms with E-state index in [1.165, 1.54) is 4.90 Å². The molecule has 0 radical (unpaired) electrons. The molecule has 1 saturated heterocycles. The van der Waals surface area contributed by atoms with Crippen LogP contribution in [0.5, 0.6) is 0 Å². The van der Waals surface area contributed by atoms with E-state index in [4.69, 9.17) is 17.3 Å². The Morgan fingerprint density at radius 3 is 2.55 bits per heavy atom. The van der Waals surface area contributed by atoms with Crippen LogP contribution in [0.3, 0.4) is 0 Å². The number of carbonyl (C=O) groups excluding carboxylic acids is 1. The lowest BCUT2D eigenvalue weighted by Crippen LogP contribution is -2.38. The van der Waals surface area contributed by atoms with Crippen LogP contribution in [0.25, 0.3) is 0 Å². The number of nitrogens with one attached hydrogen (secondary N) is 1.